The SMILES string of the molecule is Cc1nc(=O)n(Cc2ccc(Cl)c(F)c2)c(C)c1Br. The van der Waals surface area contributed by atoms with E-state index in [1.165, 1.54) is 16.7 Å². The molecule has 2 rings (SSSR count). The Kier molecular flexibility index (Phi) is 4.06. The molecule has 0 fully saturated rings. The fraction of sp³-hybridized carbons (Fsp3) is 0.231. The van der Waals surface area contributed by atoms with Crippen molar-refractivity contribution < 1.29 is 4.39 Å². The lowest BCUT2D eigenvalue weighted by atomic mass is 10.2. The van der Waals surface area contributed by atoms with Crippen LogP contribution in [0.2, 0.25) is 5.02 Å². The van der Waals surface area contributed by atoms with Gasteiger partial charge < -0.3 is 0 Å². The molecule has 1 aromatic heterocycles. The number of halogens is 3. The van der Waals surface area contributed by atoms with Crippen LogP contribution >= 0.6 is 27.5 Å². The summed E-state index contributed by atoms with van der Waals surface area (Å²) < 4.78 is 15.6. The van der Waals surface area contributed by atoms with E-state index in [0.717, 1.165) is 10.2 Å². The predicted molar refractivity (Wildman–Crippen MR) is 76.2 cm³/mol. The van der Waals surface area contributed by atoms with Crippen molar-refractivity contribution in [3.8, 4) is 0 Å². The molecule has 100 valence electrons. The van der Waals surface area contributed by atoms with Gasteiger partial charge in [0.25, 0.3) is 0 Å². The number of rotatable bonds is 2. The topological polar surface area (TPSA) is 34.9 Å². The van der Waals surface area contributed by atoms with Gasteiger partial charge in [0.2, 0.25) is 0 Å². The summed E-state index contributed by atoms with van der Waals surface area (Å²) in [5, 5.41) is 0.0658. The van der Waals surface area contributed by atoms with Gasteiger partial charge in [0.05, 0.1) is 21.7 Å². The Morgan fingerprint density at radius 1 is 1.42 bits per heavy atom. The molecule has 0 bridgehead atoms. The Bertz CT molecular complexity index is 700. The summed E-state index contributed by atoms with van der Waals surface area (Å²) in [6, 6.07) is 4.48. The standard InChI is InChI=1S/C13H11BrClFN2O/c1-7-12(14)8(2)18(13(19)17-7)6-9-3-4-10(15)11(16)5-9/h3-5H,6H2,1-2H3. The van der Waals surface area contributed by atoms with Crippen LogP contribution < -0.4 is 5.69 Å². The second-order valence-electron chi connectivity index (χ2n) is 4.21. The molecular weight excluding hydrogens is 335 g/mol. The number of nitrogens with zero attached hydrogens (tertiary/aromatic N) is 2. The van der Waals surface area contributed by atoms with Gasteiger partial charge in [-0.3, -0.25) is 4.57 Å². The van der Waals surface area contributed by atoms with Crippen LogP contribution in [0.5, 0.6) is 0 Å². The first-order valence-electron chi connectivity index (χ1n) is 5.57. The van der Waals surface area contributed by atoms with Crippen molar-refractivity contribution in [2.75, 3.05) is 0 Å². The van der Waals surface area contributed by atoms with Crippen molar-refractivity contribution in [1.29, 1.82) is 0 Å². The molecular formula is C13H11BrClFN2O. The van der Waals surface area contributed by atoms with Gasteiger partial charge in [-0.25, -0.2) is 9.18 Å². The number of aromatic nitrogens is 2. The molecule has 0 aliphatic carbocycles. The third-order valence-electron chi connectivity index (χ3n) is 2.86. The molecule has 0 saturated heterocycles. The van der Waals surface area contributed by atoms with Crippen molar-refractivity contribution >= 4 is 27.5 Å². The highest BCUT2D eigenvalue weighted by atomic mass is 79.9. The third-order valence-corrected chi connectivity index (χ3v) is 4.31. The van der Waals surface area contributed by atoms with Gasteiger partial charge in [-0.05, 0) is 47.5 Å². The second kappa shape index (κ2) is 5.43. The molecule has 0 saturated carbocycles. The van der Waals surface area contributed by atoms with Gasteiger partial charge in [0, 0.05) is 5.69 Å². The average molecular weight is 346 g/mol. The van der Waals surface area contributed by atoms with E-state index in [-0.39, 0.29) is 17.3 Å². The predicted octanol–water partition coefficient (Wildman–Crippen LogP) is 3.46. The Morgan fingerprint density at radius 3 is 2.74 bits per heavy atom. The summed E-state index contributed by atoms with van der Waals surface area (Å²) in [6.45, 7) is 3.82. The summed E-state index contributed by atoms with van der Waals surface area (Å²) in [5.41, 5.74) is 1.70. The number of hydrogen-bond donors (Lipinski definition) is 0. The smallest absolute Gasteiger partial charge is 0.291 e. The van der Waals surface area contributed by atoms with Crippen LogP contribution in [-0.2, 0) is 6.54 Å². The summed E-state index contributed by atoms with van der Waals surface area (Å²) in [6.07, 6.45) is 0. The minimum absolute atomic E-state index is 0.0658. The highest BCUT2D eigenvalue weighted by molar-refractivity contribution is 9.10. The maximum absolute atomic E-state index is 13.4. The Labute approximate surface area is 123 Å². The van der Waals surface area contributed by atoms with Crippen LogP contribution in [0, 0.1) is 19.7 Å². The average Bonchev–Trinajstić information content (AvgIpc) is 2.36. The van der Waals surface area contributed by atoms with E-state index in [1.54, 1.807) is 13.0 Å². The maximum atomic E-state index is 13.4. The van der Waals surface area contributed by atoms with Gasteiger partial charge in [-0.1, -0.05) is 17.7 Å². The first kappa shape index (κ1) is 14.2. The minimum atomic E-state index is -0.496. The van der Waals surface area contributed by atoms with Crippen molar-refractivity contribution in [2.24, 2.45) is 0 Å². The zero-order valence-electron chi connectivity index (χ0n) is 10.4. The Hall–Kier alpha value is -1.20. The van der Waals surface area contributed by atoms with Crippen LogP contribution in [0.1, 0.15) is 17.0 Å². The summed E-state index contributed by atoms with van der Waals surface area (Å²) in [4.78, 5) is 15.8. The zero-order valence-corrected chi connectivity index (χ0v) is 12.7. The van der Waals surface area contributed by atoms with E-state index in [2.05, 4.69) is 20.9 Å². The lowest BCUT2D eigenvalue weighted by Gasteiger charge is -2.12. The quantitative estimate of drug-likeness (QED) is 0.835. The summed E-state index contributed by atoms with van der Waals surface area (Å²) in [7, 11) is 0. The molecule has 0 radical (unpaired) electrons. The van der Waals surface area contributed by atoms with Crippen molar-refractivity contribution in [3.05, 3.63) is 60.9 Å². The lowest BCUT2D eigenvalue weighted by Crippen LogP contribution is -2.26. The van der Waals surface area contributed by atoms with E-state index in [0.29, 0.717) is 11.3 Å². The van der Waals surface area contributed by atoms with Crippen LogP contribution in [0.25, 0.3) is 0 Å². The second-order valence-corrected chi connectivity index (χ2v) is 5.41. The van der Waals surface area contributed by atoms with Crippen LogP contribution in [0.15, 0.2) is 27.5 Å². The fourth-order valence-electron chi connectivity index (χ4n) is 1.78. The maximum Gasteiger partial charge on any atom is 0.348 e. The molecule has 19 heavy (non-hydrogen) atoms. The molecule has 6 heteroatoms. The largest absolute Gasteiger partial charge is 0.348 e. The van der Waals surface area contributed by atoms with Gasteiger partial charge in [-0.15, -0.1) is 0 Å². The first-order chi connectivity index (χ1) is 8.90. The van der Waals surface area contributed by atoms with Crippen molar-refractivity contribution in [2.45, 2.75) is 20.4 Å². The normalized spacial score (nSPS) is 10.8. The van der Waals surface area contributed by atoms with Gasteiger partial charge in [-0.2, -0.15) is 4.98 Å². The molecule has 0 N–H and O–H groups in total. The molecule has 0 unspecified atom stereocenters. The van der Waals surface area contributed by atoms with E-state index in [1.807, 2.05) is 6.92 Å². The Balaban J connectivity index is 2.46. The lowest BCUT2D eigenvalue weighted by molar-refractivity contribution is 0.620. The van der Waals surface area contributed by atoms with Crippen molar-refractivity contribution in [1.82, 2.24) is 9.55 Å². The molecule has 2 aromatic rings. The van der Waals surface area contributed by atoms with Crippen molar-refractivity contribution in [3.63, 3.8) is 0 Å². The zero-order chi connectivity index (χ0) is 14.2. The summed E-state index contributed by atoms with van der Waals surface area (Å²) >= 11 is 9.01. The molecule has 0 aliphatic rings. The highest BCUT2D eigenvalue weighted by Gasteiger charge is 2.10. The molecule has 1 heterocycles. The van der Waals surface area contributed by atoms with Crippen LogP contribution in [0.4, 0.5) is 4.39 Å². The molecule has 0 atom stereocenters. The number of benzene rings is 1. The molecule has 0 spiro atoms. The van der Waals surface area contributed by atoms with E-state index in [4.69, 9.17) is 11.6 Å². The molecule has 3 nitrogen and oxygen atoms in total. The van der Waals surface area contributed by atoms with Gasteiger partial charge >= 0.3 is 5.69 Å². The molecule has 0 amide bonds. The third kappa shape index (κ3) is 2.87. The van der Waals surface area contributed by atoms with E-state index >= 15 is 0 Å². The summed E-state index contributed by atoms with van der Waals surface area (Å²) in [5.74, 6) is -0.496. The molecule has 1 aromatic carbocycles. The van der Waals surface area contributed by atoms with E-state index in [9.17, 15) is 9.18 Å². The fourth-order valence-corrected chi connectivity index (χ4v) is 2.20. The highest BCUT2D eigenvalue weighted by Crippen LogP contribution is 2.19. The first-order valence-corrected chi connectivity index (χ1v) is 6.74. The Morgan fingerprint density at radius 2 is 2.11 bits per heavy atom. The number of aryl methyl sites for hydroxylation is 1. The van der Waals surface area contributed by atoms with E-state index < -0.39 is 5.82 Å². The van der Waals surface area contributed by atoms with Crippen LogP contribution in [0.3, 0.4) is 0 Å². The van der Waals surface area contributed by atoms with Gasteiger partial charge in [0.1, 0.15) is 5.82 Å². The van der Waals surface area contributed by atoms with Crippen LogP contribution in [-0.4, -0.2) is 9.55 Å². The minimum Gasteiger partial charge on any atom is -0.291 e. The monoisotopic (exact) mass is 344 g/mol. The number of hydrogen-bond acceptors (Lipinski definition) is 2. The molecule has 0 aliphatic heterocycles. The van der Waals surface area contributed by atoms with Gasteiger partial charge in [0.15, 0.2) is 0 Å².